The number of hydrogen-bond donors (Lipinski definition) is 2. The Balaban J connectivity index is 2.19. The molecule has 0 unspecified atom stereocenters. The largest absolute Gasteiger partial charge is 0.409 e. The van der Waals surface area contributed by atoms with Gasteiger partial charge in [-0.15, -0.1) is 11.8 Å². The van der Waals surface area contributed by atoms with Crippen LogP contribution in [0.2, 0.25) is 0 Å². The summed E-state index contributed by atoms with van der Waals surface area (Å²) >= 11 is 5.32. The topological polar surface area (TPSA) is 58.6 Å². The molecule has 0 aromatic heterocycles. The molecule has 16 heavy (non-hydrogen) atoms. The normalized spacial score (nSPS) is 11.7. The molecule has 0 heterocycles. The maximum atomic E-state index is 8.36. The first kappa shape index (κ1) is 13.4. The van der Waals surface area contributed by atoms with E-state index < -0.39 is 0 Å². The Morgan fingerprint density at radius 3 is 2.81 bits per heavy atom. The van der Waals surface area contributed by atoms with E-state index >= 15 is 0 Å². The summed E-state index contributed by atoms with van der Waals surface area (Å²) in [6, 6.07) is 8.17. The standard InChI is InChI=1S/C11H15BrN2OS/c12-9-5-1-2-6-10(9)16-8-4-3-7-11(13)14-15/h1-2,5-6,15H,3-4,7-8H2,(H2,13,14). The van der Waals surface area contributed by atoms with Crippen LogP contribution in [0.3, 0.4) is 0 Å². The zero-order valence-corrected chi connectivity index (χ0v) is 11.3. The van der Waals surface area contributed by atoms with Crippen LogP contribution >= 0.6 is 27.7 Å². The van der Waals surface area contributed by atoms with Crippen LogP contribution in [-0.4, -0.2) is 16.8 Å². The van der Waals surface area contributed by atoms with Crippen molar-refractivity contribution in [2.45, 2.75) is 24.2 Å². The van der Waals surface area contributed by atoms with Gasteiger partial charge in [0, 0.05) is 15.8 Å². The van der Waals surface area contributed by atoms with Crippen LogP contribution in [-0.2, 0) is 0 Å². The molecule has 0 fully saturated rings. The zero-order valence-electron chi connectivity index (χ0n) is 8.90. The highest BCUT2D eigenvalue weighted by atomic mass is 79.9. The summed E-state index contributed by atoms with van der Waals surface area (Å²) in [4.78, 5) is 1.26. The predicted octanol–water partition coefficient (Wildman–Crippen LogP) is 3.46. The number of hydrogen-bond acceptors (Lipinski definition) is 3. The number of rotatable bonds is 6. The maximum Gasteiger partial charge on any atom is 0.139 e. The monoisotopic (exact) mass is 302 g/mol. The molecular weight excluding hydrogens is 288 g/mol. The van der Waals surface area contributed by atoms with Gasteiger partial charge in [-0.05, 0) is 46.7 Å². The number of unbranched alkanes of at least 4 members (excludes halogenated alkanes) is 1. The van der Waals surface area contributed by atoms with Gasteiger partial charge in [0.25, 0.3) is 0 Å². The molecule has 1 aromatic carbocycles. The van der Waals surface area contributed by atoms with Crippen LogP contribution in [0.25, 0.3) is 0 Å². The first-order chi connectivity index (χ1) is 7.74. The fourth-order valence-electron chi connectivity index (χ4n) is 1.20. The Bertz CT molecular complexity index is 358. The summed E-state index contributed by atoms with van der Waals surface area (Å²) in [5.41, 5.74) is 5.38. The SMILES string of the molecule is NC(CCCCSc1ccccc1Br)=NO. The Morgan fingerprint density at radius 1 is 1.38 bits per heavy atom. The number of thioether (sulfide) groups is 1. The summed E-state index contributed by atoms with van der Waals surface area (Å²) < 4.78 is 1.14. The van der Waals surface area contributed by atoms with Crippen molar-refractivity contribution in [3.63, 3.8) is 0 Å². The van der Waals surface area contributed by atoms with Gasteiger partial charge in [-0.3, -0.25) is 0 Å². The minimum Gasteiger partial charge on any atom is -0.409 e. The van der Waals surface area contributed by atoms with E-state index in [1.165, 1.54) is 4.90 Å². The van der Waals surface area contributed by atoms with Gasteiger partial charge in [-0.2, -0.15) is 0 Å². The fourth-order valence-corrected chi connectivity index (χ4v) is 2.78. The Kier molecular flexibility index (Phi) is 6.33. The summed E-state index contributed by atoms with van der Waals surface area (Å²) in [6.07, 6.45) is 2.67. The third-order valence-electron chi connectivity index (χ3n) is 2.05. The minimum atomic E-state index is 0.311. The van der Waals surface area contributed by atoms with Crippen LogP contribution in [0.5, 0.6) is 0 Å². The quantitative estimate of drug-likeness (QED) is 0.211. The molecule has 0 bridgehead atoms. The number of oxime groups is 1. The summed E-state index contributed by atoms with van der Waals surface area (Å²) in [6.45, 7) is 0. The molecule has 0 amide bonds. The van der Waals surface area contributed by atoms with Gasteiger partial charge in [0.2, 0.25) is 0 Å². The smallest absolute Gasteiger partial charge is 0.139 e. The number of benzene rings is 1. The second-order valence-corrected chi connectivity index (χ2v) is 5.32. The van der Waals surface area contributed by atoms with E-state index in [-0.39, 0.29) is 0 Å². The van der Waals surface area contributed by atoms with E-state index in [9.17, 15) is 0 Å². The van der Waals surface area contributed by atoms with E-state index in [4.69, 9.17) is 10.9 Å². The van der Waals surface area contributed by atoms with Gasteiger partial charge < -0.3 is 10.9 Å². The molecule has 0 saturated heterocycles. The Hall–Kier alpha value is -0.680. The molecule has 0 atom stereocenters. The highest BCUT2D eigenvalue weighted by Gasteiger charge is 1.99. The minimum absolute atomic E-state index is 0.311. The average Bonchev–Trinajstić information content (AvgIpc) is 2.30. The lowest BCUT2D eigenvalue weighted by atomic mass is 10.2. The van der Waals surface area contributed by atoms with Crippen molar-refractivity contribution in [2.24, 2.45) is 10.9 Å². The molecule has 88 valence electrons. The van der Waals surface area contributed by atoms with Crippen LogP contribution in [0.1, 0.15) is 19.3 Å². The predicted molar refractivity (Wildman–Crippen MR) is 72.1 cm³/mol. The highest BCUT2D eigenvalue weighted by molar-refractivity contribution is 9.10. The van der Waals surface area contributed by atoms with E-state index in [1.54, 1.807) is 0 Å². The number of halogens is 1. The Morgan fingerprint density at radius 2 is 2.12 bits per heavy atom. The van der Waals surface area contributed by atoms with Gasteiger partial charge in [-0.1, -0.05) is 17.3 Å². The van der Waals surface area contributed by atoms with Crippen LogP contribution in [0, 0.1) is 0 Å². The average molecular weight is 303 g/mol. The molecule has 0 spiro atoms. The first-order valence-electron chi connectivity index (χ1n) is 5.07. The third-order valence-corrected chi connectivity index (χ3v) is 4.16. The van der Waals surface area contributed by atoms with Crippen molar-refractivity contribution in [2.75, 3.05) is 5.75 Å². The lowest BCUT2D eigenvalue weighted by Gasteiger charge is -2.03. The Labute approximate surface area is 108 Å². The van der Waals surface area contributed by atoms with Crippen molar-refractivity contribution in [1.29, 1.82) is 0 Å². The molecule has 0 aliphatic rings. The molecule has 0 aliphatic heterocycles. The third kappa shape index (κ3) is 4.90. The molecule has 1 rings (SSSR count). The van der Waals surface area contributed by atoms with E-state index in [2.05, 4.69) is 27.2 Å². The molecule has 1 aromatic rings. The maximum absolute atomic E-state index is 8.36. The summed E-state index contributed by atoms with van der Waals surface area (Å²) in [5.74, 6) is 1.35. The zero-order chi connectivity index (χ0) is 11.8. The number of amidine groups is 1. The van der Waals surface area contributed by atoms with Gasteiger partial charge in [0.05, 0.1) is 0 Å². The van der Waals surface area contributed by atoms with E-state index in [0.29, 0.717) is 12.3 Å². The summed E-state index contributed by atoms with van der Waals surface area (Å²) in [7, 11) is 0. The van der Waals surface area contributed by atoms with Gasteiger partial charge in [0.15, 0.2) is 0 Å². The molecule has 5 heteroatoms. The second kappa shape index (κ2) is 7.57. The molecule has 3 nitrogen and oxygen atoms in total. The molecule has 0 aliphatic carbocycles. The van der Waals surface area contributed by atoms with Crippen LogP contribution in [0.4, 0.5) is 0 Å². The van der Waals surface area contributed by atoms with E-state index in [1.807, 2.05) is 30.0 Å². The van der Waals surface area contributed by atoms with Crippen molar-refractivity contribution in [1.82, 2.24) is 0 Å². The van der Waals surface area contributed by atoms with E-state index in [0.717, 1.165) is 23.1 Å². The highest BCUT2D eigenvalue weighted by Crippen LogP contribution is 2.27. The molecule has 3 N–H and O–H groups in total. The summed E-state index contributed by atoms with van der Waals surface area (Å²) in [5, 5.41) is 11.3. The fraction of sp³-hybridized carbons (Fsp3) is 0.364. The molecular formula is C11H15BrN2OS. The van der Waals surface area contributed by atoms with Crippen molar-refractivity contribution in [3.8, 4) is 0 Å². The number of nitrogens with zero attached hydrogens (tertiary/aromatic N) is 1. The lowest BCUT2D eigenvalue weighted by molar-refractivity contribution is 0.316. The first-order valence-corrected chi connectivity index (χ1v) is 6.85. The molecule has 0 saturated carbocycles. The van der Waals surface area contributed by atoms with Crippen molar-refractivity contribution in [3.05, 3.63) is 28.7 Å². The van der Waals surface area contributed by atoms with Gasteiger partial charge in [0.1, 0.15) is 5.84 Å². The molecule has 0 radical (unpaired) electrons. The van der Waals surface area contributed by atoms with Crippen LogP contribution in [0.15, 0.2) is 38.8 Å². The number of nitrogens with two attached hydrogens (primary N) is 1. The van der Waals surface area contributed by atoms with Crippen LogP contribution < -0.4 is 5.73 Å². The van der Waals surface area contributed by atoms with Gasteiger partial charge in [-0.25, -0.2) is 0 Å². The lowest BCUT2D eigenvalue weighted by Crippen LogP contribution is -2.10. The van der Waals surface area contributed by atoms with Crippen molar-refractivity contribution >= 4 is 33.5 Å². The van der Waals surface area contributed by atoms with Gasteiger partial charge >= 0.3 is 0 Å². The second-order valence-electron chi connectivity index (χ2n) is 3.33. The van der Waals surface area contributed by atoms with Crippen molar-refractivity contribution < 1.29 is 5.21 Å².